The number of hydrogen-bond donors (Lipinski definition) is 0. The van der Waals surface area contributed by atoms with Crippen molar-refractivity contribution in [3.8, 4) is 0 Å². The molecule has 4 unspecified atom stereocenters. The van der Waals surface area contributed by atoms with Crippen molar-refractivity contribution in [3.05, 3.63) is 10.1 Å². The van der Waals surface area contributed by atoms with Crippen molar-refractivity contribution in [1.29, 1.82) is 0 Å². The molecule has 0 spiro atoms. The van der Waals surface area contributed by atoms with E-state index in [4.69, 9.17) is 92.8 Å². The average molecular weight is 410 g/mol. The minimum atomic E-state index is -1.50. The van der Waals surface area contributed by atoms with E-state index in [1.807, 2.05) is 0 Å². The minimum absolute atomic E-state index is 0.184. The zero-order valence-electron chi connectivity index (χ0n) is 8.54. The van der Waals surface area contributed by atoms with Crippen molar-refractivity contribution in [2.24, 2.45) is 11.8 Å². The van der Waals surface area contributed by atoms with Gasteiger partial charge in [0.1, 0.15) is 9.75 Å². The summed E-state index contributed by atoms with van der Waals surface area (Å²) in [6, 6.07) is 0. The highest BCUT2D eigenvalue weighted by Gasteiger charge is 2.84. The van der Waals surface area contributed by atoms with E-state index in [9.17, 15) is 0 Å². The molecular weight excluding hydrogens is 404 g/mol. The standard InChI is InChI=1S/C10H6Cl8/c11-3-1-2-4(5(3)12)9(16)7(14)6(13)8(2,15)10(9,17)18/h2-5H,1H2/t2?,3-,4?,5?,8-,9?/m0/s1. The summed E-state index contributed by atoms with van der Waals surface area (Å²) in [6.07, 6.45) is 0.555. The maximum Gasteiger partial charge on any atom is 0.166 e. The maximum absolute atomic E-state index is 6.62. The van der Waals surface area contributed by atoms with Crippen molar-refractivity contribution in [1.82, 2.24) is 0 Å². The van der Waals surface area contributed by atoms with Gasteiger partial charge in [-0.15, -0.1) is 46.4 Å². The molecule has 2 saturated carbocycles. The summed E-state index contributed by atoms with van der Waals surface area (Å²) in [7, 11) is 0. The number of halogens is 8. The molecule has 3 aliphatic carbocycles. The van der Waals surface area contributed by atoms with Crippen LogP contribution in [0.5, 0.6) is 0 Å². The Labute approximate surface area is 145 Å². The van der Waals surface area contributed by atoms with E-state index in [1.165, 1.54) is 0 Å². The van der Waals surface area contributed by atoms with Gasteiger partial charge in [-0.2, -0.15) is 0 Å². The largest absolute Gasteiger partial charge is 0.166 e. The number of fused-ring (bicyclic) bond motifs is 5. The molecule has 0 amide bonds. The van der Waals surface area contributed by atoms with Crippen LogP contribution in [-0.2, 0) is 0 Å². The molecule has 3 rings (SSSR count). The van der Waals surface area contributed by atoms with Crippen LogP contribution < -0.4 is 0 Å². The predicted octanol–water partition coefficient (Wildman–Crippen LogP) is 5.68. The Morgan fingerprint density at radius 2 is 1.39 bits per heavy atom. The molecule has 6 atom stereocenters. The lowest BCUT2D eigenvalue weighted by atomic mass is 9.84. The van der Waals surface area contributed by atoms with Gasteiger partial charge in [0, 0.05) is 5.92 Å². The molecule has 0 aromatic rings. The van der Waals surface area contributed by atoms with E-state index < -0.39 is 19.5 Å². The summed E-state index contributed by atoms with van der Waals surface area (Å²) in [4.78, 5) is -2.50. The maximum atomic E-state index is 6.62. The van der Waals surface area contributed by atoms with Crippen molar-refractivity contribution >= 4 is 92.8 Å². The third-order valence-corrected chi connectivity index (χ3v) is 9.79. The third kappa shape index (κ3) is 1.28. The Kier molecular flexibility index (Phi) is 3.39. The molecule has 0 radical (unpaired) electrons. The summed E-state index contributed by atoms with van der Waals surface area (Å²) in [5.74, 6) is -0.488. The molecule has 0 saturated heterocycles. The van der Waals surface area contributed by atoms with E-state index in [2.05, 4.69) is 0 Å². The van der Waals surface area contributed by atoms with E-state index in [-0.39, 0.29) is 27.3 Å². The highest BCUT2D eigenvalue weighted by atomic mass is 35.5. The summed E-state index contributed by atoms with van der Waals surface area (Å²) in [5, 5.41) is -0.259. The molecule has 2 fully saturated rings. The highest BCUT2D eigenvalue weighted by Crippen LogP contribution is 2.79. The van der Waals surface area contributed by atoms with Crippen LogP contribution in [0.1, 0.15) is 6.42 Å². The van der Waals surface area contributed by atoms with Gasteiger partial charge in [0.2, 0.25) is 0 Å². The topological polar surface area (TPSA) is 0 Å². The first-order valence-corrected chi connectivity index (χ1v) is 8.35. The zero-order chi connectivity index (χ0) is 13.7. The third-order valence-electron chi connectivity index (χ3n) is 4.32. The Balaban J connectivity index is 2.26. The van der Waals surface area contributed by atoms with Gasteiger partial charge in [-0.1, -0.05) is 46.4 Å². The lowest BCUT2D eigenvalue weighted by Gasteiger charge is -2.35. The molecular formula is C10H6Cl8. The fourth-order valence-electron chi connectivity index (χ4n) is 3.48. The second-order valence-electron chi connectivity index (χ2n) is 4.95. The summed E-state index contributed by atoms with van der Waals surface area (Å²) in [5.41, 5.74) is 0. The molecule has 0 aliphatic heterocycles. The number of allylic oxidation sites excluding steroid dienone is 2. The molecule has 0 heterocycles. The molecule has 0 aromatic carbocycles. The summed E-state index contributed by atoms with van der Waals surface area (Å²) >= 11 is 51.0. The fraction of sp³-hybridized carbons (Fsp3) is 0.800. The smallest absolute Gasteiger partial charge is 0.121 e. The van der Waals surface area contributed by atoms with Crippen LogP contribution in [0.15, 0.2) is 10.1 Å². The Morgan fingerprint density at radius 3 is 1.94 bits per heavy atom. The van der Waals surface area contributed by atoms with E-state index in [1.54, 1.807) is 0 Å². The normalized spacial score (nSPS) is 57.3. The second kappa shape index (κ2) is 4.07. The van der Waals surface area contributed by atoms with E-state index in [0.29, 0.717) is 6.42 Å². The lowest BCUT2D eigenvalue weighted by molar-refractivity contribution is 0.385. The Hall–Kier alpha value is 2.06. The van der Waals surface area contributed by atoms with Gasteiger partial charge in [-0.3, -0.25) is 0 Å². The lowest BCUT2D eigenvalue weighted by Crippen LogP contribution is -2.47. The molecule has 102 valence electrons. The van der Waals surface area contributed by atoms with Crippen LogP contribution in [0.3, 0.4) is 0 Å². The van der Waals surface area contributed by atoms with Gasteiger partial charge in [-0.05, 0) is 12.3 Å². The summed E-state index contributed by atoms with van der Waals surface area (Å²) < 4.78 is -1.50. The molecule has 0 aromatic heterocycles. The van der Waals surface area contributed by atoms with Crippen LogP contribution in [-0.4, -0.2) is 24.8 Å². The van der Waals surface area contributed by atoms with Crippen LogP contribution in [0.4, 0.5) is 0 Å². The van der Waals surface area contributed by atoms with Crippen molar-refractivity contribution < 1.29 is 0 Å². The highest BCUT2D eigenvalue weighted by molar-refractivity contribution is 6.66. The van der Waals surface area contributed by atoms with Gasteiger partial charge in [0.25, 0.3) is 0 Å². The number of hydrogen-bond acceptors (Lipinski definition) is 0. The Bertz CT molecular complexity index is 459. The minimum Gasteiger partial charge on any atom is -0.121 e. The number of alkyl halides is 6. The first-order chi connectivity index (χ1) is 8.11. The molecule has 0 N–H and O–H groups in total. The predicted molar refractivity (Wildman–Crippen MR) is 81.2 cm³/mol. The van der Waals surface area contributed by atoms with Crippen LogP contribution in [0, 0.1) is 11.8 Å². The number of rotatable bonds is 0. The van der Waals surface area contributed by atoms with Crippen molar-refractivity contribution in [2.75, 3.05) is 0 Å². The molecule has 3 aliphatic rings. The van der Waals surface area contributed by atoms with E-state index in [0.717, 1.165) is 0 Å². The molecule has 0 nitrogen and oxygen atoms in total. The van der Waals surface area contributed by atoms with Gasteiger partial charge < -0.3 is 0 Å². The van der Waals surface area contributed by atoms with Crippen molar-refractivity contribution in [3.63, 3.8) is 0 Å². The van der Waals surface area contributed by atoms with Crippen LogP contribution in [0.2, 0.25) is 0 Å². The van der Waals surface area contributed by atoms with Gasteiger partial charge in [0.05, 0.1) is 20.8 Å². The summed E-state index contributed by atoms with van der Waals surface area (Å²) in [6.45, 7) is 0. The fourth-order valence-corrected chi connectivity index (χ4v) is 7.46. The van der Waals surface area contributed by atoms with Gasteiger partial charge in [-0.25, -0.2) is 0 Å². The first-order valence-electron chi connectivity index (χ1n) is 5.21. The SMILES string of the molecule is ClC1=C(Cl)[C@@]2(Cl)C3C[C@H](Cl)C(Cl)C3C1(Cl)C2(Cl)Cl. The first kappa shape index (κ1) is 15.0. The average Bonchev–Trinajstić information content (AvgIpc) is 2.69. The van der Waals surface area contributed by atoms with E-state index >= 15 is 0 Å². The van der Waals surface area contributed by atoms with Crippen LogP contribution in [0.25, 0.3) is 0 Å². The van der Waals surface area contributed by atoms with Crippen molar-refractivity contribution in [2.45, 2.75) is 31.3 Å². The molecule has 18 heavy (non-hydrogen) atoms. The molecule has 8 heteroatoms. The Morgan fingerprint density at radius 1 is 0.889 bits per heavy atom. The molecule has 2 bridgehead atoms. The van der Waals surface area contributed by atoms with Gasteiger partial charge in [0.15, 0.2) is 4.33 Å². The monoisotopic (exact) mass is 406 g/mol. The quantitative estimate of drug-likeness (QED) is 0.451. The zero-order valence-corrected chi connectivity index (χ0v) is 14.6. The van der Waals surface area contributed by atoms with Crippen LogP contribution >= 0.6 is 92.8 Å². The van der Waals surface area contributed by atoms with Gasteiger partial charge >= 0.3 is 0 Å². The second-order valence-corrected chi connectivity index (χ2v) is 9.29.